The topological polar surface area (TPSA) is 94.8 Å². The number of carbonyl (C=O) groups is 1. The number of hydrogen-bond acceptors (Lipinski definition) is 6. The molecule has 102 valence electrons. The normalized spacial score (nSPS) is 16.8. The molecule has 0 aromatic carbocycles. The molecule has 1 aliphatic rings. The van der Waals surface area contributed by atoms with Gasteiger partial charge in [0, 0.05) is 13.2 Å². The maximum absolute atomic E-state index is 12.2. The van der Waals surface area contributed by atoms with E-state index in [-0.39, 0.29) is 24.3 Å². The summed E-state index contributed by atoms with van der Waals surface area (Å²) in [5.41, 5.74) is -1.07. The Bertz CT molecular complexity index is 543. The lowest BCUT2D eigenvalue weighted by molar-refractivity contribution is -0.389. The van der Waals surface area contributed by atoms with Crippen molar-refractivity contribution in [2.24, 2.45) is 0 Å². The predicted molar refractivity (Wildman–Crippen MR) is 65.0 cm³/mol. The number of carbonyl (C=O) groups excluding carboxylic acids is 1. The summed E-state index contributed by atoms with van der Waals surface area (Å²) in [5.74, 6) is -0.307. The van der Waals surface area contributed by atoms with Gasteiger partial charge in [0.25, 0.3) is 11.7 Å². The van der Waals surface area contributed by atoms with Crippen molar-refractivity contribution in [1.29, 1.82) is 0 Å². The minimum atomic E-state index is -1.07. The van der Waals surface area contributed by atoms with Gasteiger partial charge in [-0.15, -0.1) is 0 Å². The first-order chi connectivity index (χ1) is 8.86. The summed E-state index contributed by atoms with van der Waals surface area (Å²) in [7, 11) is 1.42. The van der Waals surface area contributed by atoms with E-state index in [2.05, 4.69) is 4.98 Å². The average Bonchev–Trinajstić information content (AvgIpc) is 2.34. The molecule has 2 heterocycles. The van der Waals surface area contributed by atoms with E-state index in [1.165, 1.54) is 24.1 Å². The molecular weight excluding hydrogens is 254 g/mol. The lowest BCUT2D eigenvalue weighted by Gasteiger charge is -2.35. The fourth-order valence-corrected chi connectivity index (χ4v) is 1.79. The molecule has 0 N–H and O–H groups in total. The molecule has 0 atom stereocenters. The average molecular weight is 267 g/mol. The Morgan fingerprint density at radius 3 is 2.79 bits per heavy atom. The van der Waals surface area contributed by atoms with Crippen molar-refractivity contribution in [3.63, 3.8) is 0 Å². The number of amides is 1. The second-order valence-electron chi connectivity index (χ2n) is 4.51. The van der Waals surface area contributed by atoms with Gasteiger partial charge in [-0.25, -0.2) is 4.90 Å². The van der Waals surface area contributed by atoms with Crippen LogP contribution in [0.25, 0.3) is 0 Å². The van der Waals surface area contributed by atoms with E-state index in [1.54, 1.807) is 13.8 Å². The third-order valence-corrected chi connectivity index (χ3v) is 2.65. The molecule has 1 aromatic rings. The second-order valence-corrected chi connectivity index (χ2v) is 4.51. The van der Waals surface area contributed by atoms with Gasteiger partial charge in [0.1, 0.15) is 6.73 Å². The Labute approximate surface area is 109 Å². The van der Waals surface area contributed by atoms with Crippen molar-refractivity contribution in [3.8, 4) is 5.75 Å². The Kier molecular flexibility index (Phi) is 3.11. The highest BCUT2D eigenvalue weighted by Crippen LogP contribution is 2.37. The first-order valence-electron chi connectivity index (χ1n) is 5.52. The van der Waals surface area contributed by atoms with Crippen molar-refractivity contribution in [3.05, 3.63) is 22.2 Å². The summed E-state index contributed by atoms with van der Waals surface area (Å²) in [6, 6.07) is 2.66. The molecule has 0 radical (unpaired) electrons. The van der Waals surface area contributed by atoms with E-state index in [0.717, 1.165) is 0 Å². The number of fused-ring (bicyclic) bond motifs is 1. The molecule has 0 bridgehead atoms. The Morgan fingerprint density at radius 1 is 1.53 bits per heavy atom. The van der Waals surface area contributed by atoms with E-state index in [0.29, 0.717) is 5.75 Å². The molecule has 0 saturated carbocycles. The third kappa shape index (κ3) is 2.22. The van der Waals surface area contributed by atoms with Crippen molar-refractivity contribution in [1.82, 2.24) is 4.98 Å². The summed E-state index contributed by atoms with van der Waals surface area (Å²) in [6.07, 6.45) is 0. The van der Waals surface area contributed by atoms with E-state index in [1.807, 2.05) is 0 Å². The van der Waals surface area contributed by atoms with Crippen LogP contribution in [-0.2, 0) is 9.53 Å². The minimum absolute atomic E-state index is 0.0488. The molecule has 0 fully saturated rings. The van der Waals surface area contributed by atoms with Crippen molar-refractivity contribution >= 4 is 17.5 Å². The number of rotatable bonds is 3. The fraction of sp³-hybridized carbons (Fsp3) is 0.455. The third-order valence-electron chi connectivity index (χ3n) is 2.65. The Balaban J connectivity index is 2.53. The molecule has 0 unspecified atom stereocenters. The number of ether oxygens (including phenoxy) is 2. The van der Waals surface area contributed by atoms with Gasteiger partial charge in [0.05, 0.1) is 0 Å². The first kappa shape index (κ1) is 13.2. The lowest BCUT2D eigenvalue weighted by atomic mass is 10.1. The monoisotopic (exact) mass is 267 g/mol. The summed E-state index contributed by atoms with van der Waals surface area (Å²) >= 11 is 0. The number of hydrogen-bond donors (Lipinski definition) is 0. The van der Waals surface area contributed by atoms with E-state index in [9.17, 15) is 14.9 Å². The predicted octanol–water partition coefficient (Wildman–Crippen LogP) is 1.10. The molecule has 0 aliphatic carbocycles. The molecule has 2 rings (SSSR count). The zero-order valence-corrected chi connectivity index (χ0v) is 10.7. The zero-order valence-electron chi connectivity index (χ0n) is 10.7. The number of nitrogens with zero attached hydrogens (tertiary/aromatic N) is 3. The lowest BCUT2D eigenvalue weighted by Crippen LogP contribution is -2.53. The van der Waals surface area contributed by atoms with Crippen LogP contribution in [0.5, 0.6) is 5.75 Å². The SMILES string of the molecule is COCN1C(=O)C(C)(C)Oc2ccc([N+](=O)[O-])nc21. The highest BCUT2D eigenvalue weighted by molar-refractivity contribution is 6.01. The van der Waals surface area contributed by atoms with E-state index < -0.39 is 10.5 Å². The van der Waals surface area contributed by atoms with E-state index in [4.69, 9.17) is 9.47 Å². The van der Waals surface area contributed by atoms with Crippen LogP contribution in [0.3, 0.4) is 0 Å². The second kappa shape index (κ2) is 4.47. The molecule has 0 spiro atoms. The van der Waals surface area contributed by atoms with Gasteiger partial charge in [-0.05, 0) is 29.8 Å². The van der Waals surface area contributed by atoms with Gasteiger partial charge in [-0.1, -0.05) is 0 Å². The minimum Gasteiger partial charge on any atom is -0.472 e. The van der Waals surface area contributed by atoms with Crippen LogP contribution >= 0.6 is 0 Å². The number of pyridine rings is 1. The quantitative estimate of drug-likeness (QED) is 0.601. The molecule has 1 aromatic heterocycles. The van der Waals surface area contributed by atoms with Crippen LogP contribution < -0.4 is 9.64 Å². The molecular formula is C11H13N3O5. The number of anilines is 1. The molecule has 8 nitrogen and oxygen atoms in total. The maximum atomic E-state index is 12.2. The number of aromatic nitrogens is 1. The van der Waals surface area contributed by atoms with Crippen LogP contribution in [0.15, 0.2) is 12.1 Å². The van der Waals surface area contributed by atoms with Crippen LogP contribution in [0.2, 0.25) is 0 Å². The van der Waals surface area contributed by atoms with E-state index >= 15 is 0 Å². The van der Waals surface area contributed by atoms with Crippen LogP contribution in [0.1, 0.15) is 13.8 Å². The summed E-state index contributed by atoms with van der Waals surface area (Å²) in [6.45, 7) is 3.18. The van der Waals surface area contributed by atoms with Crippen LogP contribution in [0, 0.1) is 10.1 Å². The molecule has 8 heteroatoms. The fourth-order valence-electron chi connectivity index (χ4n) is 1.79. The van der Waals surface area contributed by atoms with Gasteiger partial charge in [-0.2, -0.15) is 0 Å². The summed E-state index contributed by atoms with van der Waals surface area (Å²) in [4.78, 5) is 27.3. The largest absolute Gasteiger partial charge is 0.472 e. The maximum Gasteiger partial charge on any atom is 0.366 e. The molecule has 1 aliphatic heterocycles. The summed E-state index contributed by atoms with van der Waals surface area (Å²) in [5, 5.41) is 10.7. The Morgan fingerprint density at radius 2 is 2.21 bits per heavy atom. The van der Waals surface area contributed by atoms with Gasteiger partial charge in [-0.3, -0.25) is 4.79 Å². The highest BCUT2D eigenvalue weighted by Gasteiger charge is 2.44. The standard InChI is InChI=1S/C11H13N3O5/c1-11(2)10(15)13(6-18-3)9-7(19-11)4-5-8(12-9)14(16)17/h4-5H,6H2,1-3H3. The first-order valence-corrected chi connectivity index (χ1v) is 5.52. The van der Waals surface area contributed by atoms with Gasteiger partial charge in [0.2, 0.25) is 0 Å². The molecule has 19 heavy (non-hydrogen) atoms. The summed E-state index contributed by atoms with van der Waals surface area (Å²) < 4.78 is 10.5. The number of methoxy groups -OCH3 is 1. The van der Waals surface area contributed by atoms with Crippen LogP contribution in [-0.4, -0.2) is 35.3 Å². The Hall–Kier alpha value is -2.22. The molecule has 0 saturated heterocycles. The smallest absolute Gasteiger partial charge is 0.366 e. The highest BCUT2D eigenvalue weighted by atomic mass is 16.6. The molecule has 1 amide bonds. The van der Waals surface area contributed by atoms with Gasteiger partial charge >= 0.3 is 5.82 Å². The van der Waals surface area contributed by atoms with Crippen molar-refractivity contribution in [2.75, 3.05) is 18.7 Å². The number of nitro groups is 1. The van der Waals surface area contributed by atoms with Crippen LogP contribution in [0.4, 0.5) is 11.6 Å². The van der Waals surface area contributed by atoms with Crippen molar-refractivity contribution in [2.45, 2.75) is 19.4 Å². The van der Waals surface area contributed by atoms with Gasteiger partial charge < -0.3 is 19.6 Å². The van der Waals surface area contributed by atoms with Gasteiger partial charge in [0.15, 0.2) is 11.4 Å². The van der Waals surface area contributed by atoms with Crippen molar-refractivity contribution < 1.29 is 19.2 Å². The zero-order chi connectivity index (χ0) is 14.2.